The molecule has 0 spiro atoms. The third-order valence-electron chi connectivity index (χ3n) is 2.62. The Morgan fingerprint density at radius 1 is 1.05 bits per heavy atom. The second-order valence-corrected chi connectivity index (χ2v) is 6.63. The maximum Gasteiger partial charge on any atom is 0.192 e. The van der Waals surface area contributed by atoms with Crippen LogP contribution in [0.3, 0.4) is 0 Å². The highest BCUT2D eigenvalue weighted by Crippen LogP contribution is 2.37. The minimum Gasteiger partial charge on any atom is -0.245 e. The summed E-state index contributed by atoms with van der Waals surface area (Å²) in [6, 6.07) is 7.65. The summed E-state index contributed by atoms with van der Waals surface area (Å²) in [7, 11) is 0. The van der Waals surface area contributed by atoms with Crippen molar-refractivity contribution in [2.75, 3.05) is 0 Å². The molecule has 0 radical (unpaired) electrons. The van der Waals surface area contributed by atoms with E-state index in [0.29, 0.717) is 10.2 Å². The molecule has 2 heterocycles. The zero-order chi connectivity index (χ0) is 14.7. The van der Waals surface area contributed by atoms with Crippen LogP contribution >= 0.6 is 46.0 Å². The summed E-state index contributed by atoms with van der Waals surface area (Å²) in [4.78, 5) is 17.6. The molecule has 0 saturated carbocycles. The van der Waals surface area contributed by atoms with Crippen molar-refractivity contribution in [2.24, 2.45) is 0 Å². The van der Waals surface area contributed by atoms with Crippen molar-refractivity contribution in [3.8, 4) is 11.3 Å². The van der Waals surface area contributed by atoms with Crippen molar-refractivity contribution < 1.29 is 0 Å². The van der Waals surface area contributed by atoms with Gasteiger partial charge in [0.2, 0.25) is 0 Å². The summed E-state index contributed by atoms with van der Waals surface area (Å²) in [5.41, 5.74) is 1.66. The molecular weight excluding hydrogens is 419 g/mol. The SMILES string of the molecule is Clc1c(Sc2ncc(I)cn2)cccc1-c1ccncn1. The molecule has 0 amide bonds. The van der Waals surface area contributed by atoms with E-state index in [4.69, 9.17) is 11.6 Å². The summed E-state index contributed by atoms with van der Waals surface area (Å²) in [6.45, 7) is 0. The molecule has 3 aromatic rings. The molecule has 0 fully saturated rings. The van der Waals surface area contributed by atoms with Crippen molar-refractivity contribution >= 4 is 46.0 Å². The lowest BCUT2D eigenvalue weighted by Crippen LogP contribution is -1.89. The average Bonchev–Trinajstić information content (AvgIpc) is 2.52. The van der Waals surface area contributed by atoms with Gasteiger partial charge >= 0.3 is 0 Å². The van der Waals surface area contributed by atoms with E-state index in [1.54, 1.807) is 18.6 Å². The molecule has 0 bridgehead atoms. The number of benzene rings is 1. The van der Waals surface area contributed by atoms with Gasteiger partial charge in [0.05, 0.1) is 10.7 Å². The van der Waals surface area contributed by atoms with E-state index in [0.717, 1.165) is 19.7 Å². The first kappa shape index (κ1) is 14.7. The lowest BCUT2D eigenvalue weighted by molar-refractivity contribution is 0.957. The molecule has 0 aliphatic heterocycles. The number of halogens is 2. The van der Waals surface area contributed by atoms with E-state index >= 15 is 0 Å². The standard InChI is InChI=1S/C14H8ClIN4S/c15-13-10(11-4-5-17-8-20-11)2-1-3-12(13)21-14-18-6-9(16)7-19-14/h1-8H. The monoisotopic (exact) mass is 426 g/mol. The predicted octanol–water partition coefficient (Wildman–Crippen LogP) is 4.34. The largest absolute Gasteiger partial charge is 0.245 e. The van der Waals surface area contributed by atoms with E-state index < -0.39 is 0 Å². The van der Waals surface area contributed by atoms with E-state index in [9.17, 15) is 0 Å². The van der Waals surface area contributed by atoms with Crippen molar-refractivity contribution in [3.05, 3.63) is 57.8 Å². The highest BCUT2D eigenvalue weighted by molar-refractivity contribution is 14.1. The summed E-state index contributed by atoms with van der Waals surface area (Å²) in [5, 5.41) is 1.31. The van der Waals surface area contributed by atoms with Gasteiger partial charge in [-0.25, -0.2) is 19.9 Å². The summed E-state index contributed by atoms with van der Waals surface area (Å²) in [6.07, 6.45) is 6.75. The van der Waals surface area contributed by atoms with Crippen molar-refractivity contribution in [1.82, 2.24) is 19.9 Å². The number of aromatic nitrogens is 4. The normalized spacial score (nSPS) is 10.6. The summed E-state index contributed by atoms with van der Waals surface area (Å²) in [5.74, 6) is 0. The Hall–Kier alpha value is -1.25. The topological polar surface area (TPSA) is 51.6 Å². The highest BCUT2D eigenvalue weighted by Gasteiger charge is 2.11. The van der Waals surface area contributed by atoms with Gasteiger partial charge in [-0.1, -0.05) is 23.7 Å². The van der Waals surface area contributed by atoms with E-state index in [-0.39, 0.29) is 0 Å². The van der Waals surface area contributed by atoms with Crippen LogP contribution in [-0.4, -0.2) is 19.9 Å². The molecule has 0 unspecified atom stereocenters. The van der Waals surface area contributed by atoms with E-state index in [2.05, 4.69) is 42.5 Å². The Bertz CT molecular complexity index is 753. The van der Waals surface area contributed by atoms with Gasteiger partial charge in [-0.2, -0.15) is 0 Å². The molecule has 104 valence electrons. The van der Waals surface area contributed by atoms with Crippen LogP contribution < -0.4 is 0 Å². The first-order valence-corrected chi connectivity index (χ1v) is 8.21. The van der Waals surface area contributed by atoms with Crippen LogP contribution in [0, 0.1) is 3.57 Å². The van der Waals surface area contributed by atoms with Gasteiger partial charge in [0.1, 0.15) is 6.33 Å². The molecule has 3 rings (SSSR count). The molecule has 0 aliphatic rings. The minimum absolute atomic E-state index is 0.642. The second kappa shape index (κ2) is 6.67. The van der Waals surface area contributed by atoms with Crippen LogP contribution in [-0.2, 0) is 0 Å². The third-order valence-corrected chi connectivity index (χ3v) is 4.65. The zero-order valence-corrected chi connectivity index (χ0v) is 14.3. The van der Waals surface area contributed by atoms with Crippen LogP contribution in [0.4, 0.5) is 0 Å². The fourth-order valence-corrected chi connectivity index (χ4v) is 3.06. The van der Waals surface area contributed by atoms with Crippen LogP contribution in [0.15, 0.2) is 59.2 Å². The van der Waals surface area contributed by atoms with Gasteiger partial charge in [0.15, 0.2) is 5.16 Å². The van der Waals surface area contributed by atoms with Gasteiger partial charge in [0, 0.05) is 32.6 Å². The predicted molar refractivity (Wildman–Crippen MR) is 91.3 cm³/mol. The number of rotatable bonds is 3. The smallest absolute Gasteiger partial charge is 0.192 e. The molecule has 0 atom stereocenters. The molecule has 0 saturated heterocycles. The highest BCUT2D eigenvalue weighted by atomic mass is 127. The average molecular weight is 427 g/mol. The zero-order valence-electron chi connectivity index (χ0n) is 10.6. The molecule has 21 heavy (non-hydrogen) atoms. The molecule has 0 aliphatic carbocycles. The minimum atomic E-state index is 0.642. The number of nitrogens with zero attached hydrogens (tertiary/aromatic N) is 4. The molecular formula is C14H8ClIN4S. The molecule has 2 aromatic heterocycles. The van der Waals surface area contributed by atoms with Crippen LogP contribution in [0.5, 0.6) is 0 Å². The molecule has 1 aromatic carbocycles. The molecule has 7 heteroatoms. The van der Waals surface area contributed by atoms with Crippen LogP contribution in [0.25, 0.3) is 11.3 Å². The third kappa shape index (κ3) is 3.50. The maximum atomic E-state index is 6.49. The Kier molecular flexibility index (Phi) is 4.67. The van der Waals surface area contributed by atoms with E-state index in [1.807, 2.05) is 24.3 Å². The van der Waals surface area contributed by atoms with Crippen molar-refractivity contribution in [3.63, 3.8) is 0 Å². The van der Waals surface area contributed by atoms with Crippen LogP contribution in [0.1, 0.15) is 0 Å². The number of hydrogen-bond acceptors (Lipinski definition) is 5. The second-order valence-electron chi connectivity index (χ2n) is 4.00. The fraction of sp³-hybridized carbons (Fsp3) is 0. The van der Waals surface area contributed by atoms with Crippen LogP contribution in [0.2, 0.25) is 5.02 Å². The lowest BCUT2D eigenvalue weighted by Gasteiger charge is -2.08. The molecule has 4 nitrogen and oxygen atoms in total. The van der Waals surface area contributed by atoms with E-state index in [1.165, 1.54) is 18.1 Å². The first-order valence-electron chi connectivity index (χ1n) is 5.94. The Morgan fingerprint density at radius 3 is 2.57 bits per heavy atom. The maximum absolute atomic E-state index is 6.49. The van der Waals surface area contributed by atoms with Gasteiger partial charge in [0.25, 0.3) is 0 Å². The van der Waals surface area contributed by atoms with Crippen molar-refractivity contribution in [1.29, 1.82) is 0 Å². The lowest BCUT2D eigenvalue weighted by atomic mass is 10.1. The Balaban J connectivity index is 1.95. The summed E-state index contributed by atoms with van der Waals surface area (Å²) < 4.78 is 0.998. The van der Waals surface area contributed by atoms with Crippen molar-refractivity contribution in [2.45, 2.75) is 10.1 Å². The number of hydrogen-bond donors (Lipinski definition) is 0. The summed E-state index contributed by atoms with van der Waals surface area (Å²) >= 11 is 10.1. The quantitative estimate of drug-likeness (QED) is 0.460. The first-order chi connectivity index (χ1) is 10.2. The Morgan fingerprint density at radius 2 is 1.86 bits per heavy atom. The van der Waals surface area contributed by atoms with Gasteiger partial charge in [-0.15, -0.1) is 0 Å². The van der Waals surface area contributed by atoms with Gasteiger partial charge < -0.3 is 0 Å². The fourth-order valence-electron chi connectivity index (χ4n) is 1.69. The molecule has 0 N–H and O–H groups in total. The van der Waals surface area contributed by atoms with Gasteiger partial charge in [-0.3, -0.25) is 0 Å². The Labute approximate surface area is 144 Å². The van der Waals surface area contributed by atoms with Gasteiger partial charge in [-0.05, 0) is 46.5 Å².